The SMILES string of the molecule is Cc1ccc(Cn2c(=O)c(C(=O)NCc3ccccc3)nn(-c3ccc(C)cc3)c2=O)cc1. The lowest BCUT2D eigenvalue weighted by Crippen LogP contribution is -2.46. The lowest BCUT2D eigenvalue weighted by molar-refractivity contribution is 0.0941. The zero-order valence-corrected chi connectivity index (χ0v) is 18.5. The first-order valence-corrected chi connectivity index (χ1v) is 10.6. The summed E-state index contributed by atoms with van der Waals surface area (Å²) in [5, 5.41) is 6.89. The highest BCUT2D eigenvalue weighted by Crippen LogP contribution is 2.07. The van der Waals surface area contributed by atoms with Gasteiger partial charge in [-0.25, -0.2) is 4.79 Å². The maximum absolute atomic E-state index is 13.2. The van der Waals surface area contributed by atoms with Gasteiger partial charge in [0.25, 0.3) is 11.5 Å². The van der Waals surface area contributed by atoms with Crippen molar-refractivity contribution in [1.29, 1.82) is 0 Å². The van der Waals surface area contributed by atoms with Gasteiger partial charge in [-0.1, -0.05) is 77.9 Å². The predicted octanol–water partition coefficient (Wildman–Crippen LogP) is 2.99. The molecule has 0 spiro atoms. The number of rotatable bonds is 6. The van der Waals surface area contributed by atoms with Gasteiger partial charge in [-0.2, -0.15) is 9.78 Å². The number of aromatic nitrogens is 3. The van der Waals surface area contributed by atoms with E-state index in [1.54, 1.807) is 12.1 Å². The molecule has 0 aliphatic heterocycles. The van der Waals surface area contributed by atoms with E-state index in [0.717, 1.165) is 31.5 Å². The number of amides is 1. The lowest BCUT2D eigenvalue weighted by Gasteiger charge is -2.13. The summed E-state index contributed by atoms with van der Waals surface area (Å²) < 4.78 is 2.15. The molecule has 33 heavy (non-hydrogen) atoms. The lowest BCUT2D eigenvalue weighted by atomic mass is 10.1. The molecule has 0 atom stereocenters. The molecule has 1 amide bonds. The van der Waals surface area contributed by atoms with E-state index in [1.807, 2.05) is 80.6 Å². The molecule has 4 aromatic rings. The Balaban J connectivity index is 1.77. The number of carbonyl (C=O) groups is 1. The highest BCUT2D eigenvalue weighted by atomic mass is 16.2. The van der Waals surface area contributed by atoms with E-state index in [9.17, 15) is 14.4 Å². The van der Waals surface area contributed by atoms with Crippen molar-refractivity contribution in [3.63, 3.8) is 0 Å². The number of nitrogens with one attached hydrogen (secondary N) is 1. The maximum Gasteiger partial charge on any atom is 0.352 e. The van der Waals surface area contributed by atoms with Crippen LogP contribution >= 0.6 is 0 Å². The molecule has 0 aliphatic rings. The highest BCUT2D eigenvalue weighted by Gasteiger charge is 2.20. The zero-order valence-electron chi connectivity index (χ0n) is 18.5. The van der Waals surface area contributed by atoms with Gasteiger partial charge in [0, 0.05) is 6.54 Å². The van der Waals surface area contributed by atoms with E-state index in [4.69, 9.17) is 0 Å². The topological polar surface area (TPSA) is 86.0 Å². The van der Waals surface area contributed by atoms with E-state index in [0.29, 0.717) is 5.69 Å². The third-order valence-electron chi connectivity index (χ3n) is 5.31. The molecule has 0 unspecified atom stereocenters. The van der Waals surface area contributed by atoms with Gasteiger partial charge < -0.3 is 5.32 Å². The number of hydrogen-bond donors (Lipinski definition) is 1. The van der Waals surface area contributed by atoms with Gasteiger partial charge in [-0.05, 0) is 37.1 Å². The Morgan fingerprint density at radius 1 is 0.818 bits per heavy atom. The molecule has 3 aromatic carbocycles. The molecule has 0 saturated carbocycles. The Morgan fingerprint density at radius 3 is 2.06 bits per heavy atom. The van der Waals surface area contributed by atoms with Gasteiger partial charge in [0.05, 0.1) is 12.2 Å². The Kier molecular flexibility index (Phi) is 6.31. The van der Waals surface area contributed by atoms with Crippen LogP contribution in [-0.4, -0.2) is 20.3 Å². The Bertz CT molecular complexity index is 1390. The summed E-state index contributed by atoms with van der Waals surface area (Å²) in [6.07, 6.45) is 0. The van der Waals surface area contributed by atoms with Crippen molar-refractivity contribution in [2.24, 2.45) is 0 Å². The number of hydrogen-bond acceptors (Lipinski definition) is 4. The van der Waals surface area contributed by atoms with Gasteiger partial charge >= 0.3 is 5.69 Å². The minimum absolute atomic E-state index is 0.0330. The van der Waals surface area contributed by atoms with Gasteiger partial charge in [0.2, 0.25) is 5.69 Å². The van der Waals surface area contributed by atoms with Crippen molar-refractivity contribution in [2.75, 3.05) is 0 Å². The molecular weight excluding hydrogens is 416 g/mol. The molecule has 1 heterocycles. The molecular formula is C26H24N4O3. The van der Waals surface area contributed by atoms with Crippen LogP contribution in [0.4, 0.5) is 0 Å². The fraction of sp³-hybridized carbons (Fsp3) is 0.154. The third-order valence-corrected chi connectivity index (χ3v) is 5.31. The van der Waals surface area contributed by atoms with E-state index >= 15 is 0 Å². The zero-order chi connectivity index (χ0) is 23.4. The Labute approximate surface area is 191 Å². The third kappa shape index (κ3) is 4.98. The van der Waals surface area contributed by atoms with Crippen molar-refractivity contribution in [2.45, 2.75) is 26.9 Å². The average Bonchev–Trinajstić information content (AvgIpc) is 2.83. The second-order valence-corrected chi connectivity index (χ2v) is 7.92. The summed E-state index contributed by atoms with van der Waals surface area (Å²) in [5.41, 5.74) is 2.55. The molecule has 7 heteroatoms. The maximum atomic E-state index is 13.2. The molecule has 0 fully saturated rings. The first kappa shape index (κ1) is 22.0. The van der Waals surface area contributed by atoms with Crippen molar-refractivity contribution in [3.8, 4) is 5.69 Å². The largest absolute Gasteiger partial charge is 0.352 e. The molecule has 7 nitrogen and oxygen atoms in total. The van der Waals surface area contributed by atoms with Gasteiger partial charge in [0.15, 0.2) is 0 Å². The van der Waals surface area contributed by atoms with Crippen LogP contribution in [0, 0.1) is 13.8 Å². The summed E-state index contributed by atoms with van der Waals surface area (Å²) in [6, 6.07) is 24.0. The van der Waals surface area contributed by atoms with E-state index in [2.05, 4.69) is 10.4 Å². The predicted molar refractivity (Wildman–Crippen MR) is 127 cm³/mol. The monoisotopic (exact) mass is 440 g/mol. The number of nitrogens with zero attached hydrogens (tertiary/aromatic N) is 3. The van der Waals surface area contributed by atoms with Crippen LogP contribution in [0.2, 0.25) is 0 Å². The normalized spacial score (nSPS) is 10.7. The Hall–Kier alpha value is -4.26. The van der Waals surface area contributed by atoms with Crippen molar-refractivity contribution in [3.05, 3.63) is 128 Å². The van der Waals surface area contributed by atoms with Crippen LogP contribution in [0.5, 0.6) is 0 Å². The van der Waals surface area contributed by atoms with E-state index < -0.39 is 17.2 Å². The quantitative estimate of drug-likeness (QED) is 0.499. The Morgan fingerprint density at radius 2 is 1.42 bits per heavy atom. The number of carbonyl (C=O) groups excluding carboxylic acids is 1. The minimum Gasteiger partial charge on any atom is -0.346 e. The smallest absolute Gasteiger partial charge is 0.346 e. The van der Waals surface area contributed by atoms with E-state index in [1.165, 1.54) is 0 Å². The second-order valence-electron chi connectivity index (χ2n) is 7.92. The van der Waals surface area contributed by atoms with Crippen molar-refractivity contribution >= 4 is 5.91 Å². The summed E-state index contributed by atoms with van der Waals surface area (Å²) in [5.74, 6) is -0.637. The molecule has 4 rings (SSSR count). The van der Waals surface area contributed by atoms with Crippen molar-refractivity contribution < 1.29 is 4.79 Å². The second kappa shape index (κ2) is 9.48. The summed E-state index contributed by atoms with van der Waals surface area (Å²) in [6.45, 7) is 4.16. The van der Waals surface area contributed by atoms with Gasteiger partial charge in [-0.15, -0.1) is 0 Å². The molecule has 0 bridgehead atoms. The van der Waals surface area contributed by atoms with Crippen LogP contribution in [-0.2, 0) is 13.1 Å². The fourth-order valence-electron chi connectivity index (χ4n) is 3.39. The minimum atomic E-state index is -0.727. The number of aryl methyl sites for hydroxylation is 2. The molecule has 0 aliphatic carbocycles. The average molecular weight is 441 g/mol. The molecule has 1 N–H and O–H groups in total. The van der Waals surface area contributed by atoms with Crippen LogP contribution in [0.25, 0.3) is 5.69 Å². The van der Waals surface area contributed by atoms with Crippen LogP contribution in [0.3, 0.4) is 0 Å². The van der Waals surface area contributed by atoms with Gasteiger partial charge in [0.1, 0.15) is 0 Å². The summed E-state index contributed by atoms with van der Waals surface area (Å²) >= 11 is 0. The molecule has 0 radical (unpaired) electrons. The first-order valence-electron chi connectivity index (χ1n) is 10.6. The van der Waals surface area contributed by atoms with Crippen LogP contribution in [0.1, 0.15) is 32.7 Å². The van der Waals surface area contributed by atoms with Crippen LogP contribution < -0.4 is 16.6 Å². The van der Waals surface area contributed by atoms with E-state index in [-0.39, 0.29) is 18.8 Å². The molecule has 166 valence electrons. The van der Waals surface area contributed by atoms with Crippen molar-refractivity contribution in [1.82, 2.24) is 19.7 Å². The number of benzene rings is 3. The summed E-state index contributed by atoms with van der Waals surface area (Å²) in [4.78, 5) is 39.3. The molecule has 1 aromatic heterocycles. The van der Waals surface area contributed by atoms with Crippen LogP contribution in [0.15, 0.2) is 88.5 Å². The first-order chi connectivity index (χ1) is 15.9. The highest BCUT2D eigenvalue weighted by molar-refractivity contribution is 5.91. The fourth-order valence-corrected chi connectivity index (χ4v) is 3.39. The molecule has 0 saturated heterocycles. The van der Waals surface area contributed by atoms with Gasteiger partial charge in [-0.3, -0.25) is 14.2 Å². The summed E-state index contributed by atoms with van der Waals surface area (Å²) in [7, 11) is 0. The standard InChI is InChI=1S/C26H24N4O3/c1-18-8-12-21(13-9-18)17-29-25(32)23(24(31)27-16-20-6-4-3-5-7-20)28-30(26(29)33)22-14-10-19(2)11-15-22/h3-15H,16-17H2,1-2H3,(H,27,31).